The predicted molar refractivity (Wildman–Crippen MR) is 156 cm³/mol. The van der Waals surface area contributed by atoms with Crippen LogP contribution in [0, 0.1) is 11.3 Å². The van der Waals surface area contributed by atoms with E-state index in [1.165, 1.54) is 109 Å². The molecule has 0 saturated carbocycles. The minimum absolute atomic E-state index is 0.0173. The zero-order valence-electron chi connectivity index (χ0n) is 23.4. The van der Waals surface area contributed by atoms with E-state index in [1.54, 1.807) is 12.1 Å². The van der Waals surface area contributed by atoms with Crippen LogP contribution in [0.4, 0.5) is 5.69 Å². The summed E-state index contributed by atoms with van der Waals surface area (Å²) in [6.07, 6.45) is 26.2. The van der Waals surface area contributed by atoms with Crippen LogP contribution >= 0.6 is 0 Å². The minimum Gasteiger partial charge on any atom is -0.394 e. The van der Waals surface area contributed by atoms with E-state index in [0.29, 0.717) is 17.9 Å². The molecule has 0 aromatic heterocycles. The molecule has 1 aromatic carbocycles. The van der Waals surface area contributed by atoms with Crippen LogP contribution in [-0.4, -0.2) is 30.5 Å². The molecule has 6 heteroatoms. The Hall–Kier alpha value is -2.23. The van der Waals surface area contributed by atoms with Gasteiger partial charge in [0.25, 0.3) is 0 Å². The average molecular weight is 513 g/mol. The summed E-state index contributed by atoms with van der Waals surface area (Å²) in [6, 6.07) is 7.56. The lowest BCUT2D eigenvalue weighted by atomic mass is 10.0. The Bertz CT molecular complexity index is 773. The molecule has 1 atom stereocenters. The zero-order chi connectivity index (χ0) is 26.8. The smallest absolute Gasteiger partial charge is 0.117 e. The molecule has 0 saturated heterocycles. The fraction of sp³-hybridized carbons (Fsp3) is 0.710. The Kier molecular flexibility index (Phi) is 21.4. The number of nitriles is 1. The minimum atomic E-state index is -0.168. The topological polar surface area (TPSA) is 104 Å². The van der Waals surface area contributed by atoms with Crippen molar-refractivity contribution in [3.8, 4) is 6.07 Å². The highest BCUT2D eigenvalue weighted by Crippen LogP contribution is 2.21. The van der Waals surface area contributed by atoms with Crippen LogP contribution in [0.1, 0.15) is 134 Å². The molecule has 0 heterocycles. The quantitative estimate of drug-likeness (QED) is 0.0828. The molecule has 0 aliphatic rings. The maximum atomic E-state index is 9.68. The molecule has 1 rings (SSSR count). The number of aliphatic hydroxyl groups is 1. The summed E-state index contributed by atoms with van der Waals surface area (Å²) in [6.45, 7) is 2.66. The molecule has 0 fully saturated rings. The van der Waals surface area contributed by atoms with Gasteiger partial charge in [-0.15, -0.1) is 0 Å². The Balaban J connectivity index is 2.04. The molecule has 0 aliphatic heterocycles. The molecule has 0 radical (unpaired) electrons. The maximum absolute atomic E-state index is 9.68. The number of hydrogen-bond acceptors (Lipinski definition) is 4. The Labute approximate surface area is 226 Å². The lowest BCUT2D eigenvalue weighted by Gasteiger charge is -2.15. The number of benzene rings is 1. The monoisotopic (exact) mass is 512 g/mol. The summed E-state index contributed by atoms with van der Waals surface area (Å²) in [5.41, 5.74) is 7.08. The molecular weight excluding hydrogens is 460 g/mol. The van der Waals surface area contributed by atoms with Gasteiger partial charge in [-0.3, -0.25) is 0 Å². The van der Waals surface area contributed by atoms with Crippen molar-refractivity contribution in [3.05, 3.63) is 29.3 Å². The Morgan fingerprint density at radius 1 is 0.892 bits per heavy atom. The van der Waals surface area contributed by atoms with E-state index in [-0.39, 0.29) is 12.7 Å². The highest BCUT2D eigenvalue weighted by atomic mass is 16.5. The van der Waals surface area contributed by atoms with Crippen molar-refractivity contribution in [1.29, 1.82) is 5.26 Å². The summed E-state index contributed by atoms with van der Waals surface area (Å²) >= 11 is 0. The van der Waals surface area contributed by atoms with Crippen LogP contribution in [0.15, 0.2) is 28.2 Å². The molecule has 3 N–H and O–H groups in total. The number of aliphatic hydroxyl groups excluding tert-OH is 1. The highest BCUT2D eigenvalue weighted by Gasteiger charge is 2.09. The van der Waals surface area contributed by atoms with Gasteiger partial charge in [-0.05, 0) is 24.1 Å². The number of unbranched alkanes of at least 4 members (excludes halogenated alkanes) is 16. The van der Waals surface area contributed by atoms with Crippen LogP contribution in [0.2, 0.25) is 0 Å². The molecule has 0 aliphatic carbocycles. The number of ether oxygens (including phenoxy) is 1. The fourth-order valence-corrected chi connectivity index (χ4v) is 4.55. The van der Waals surface area contributed by atoms with Crippen molar-refractivity contribution in [1.82, 2.24) is 0 Å². The second kappa shape index (κ2) is 24.1. The average Bonchev–Trinajstić information content (AvgIpc) is 2.92. The molecule has 0 spiro atoms. The third kappa shape index (κ3) is 17.8. The van der Waals surface area contributed by atoms with Gasteiger partial charge in [-0.2, -0.15) is 5.26 Å². The first-order valence-electron chi connectivity index (χ1n) is 14.8. The van der Waals surface area contributed by atoms with E-state index in [2.05, 4.69) is 23.0 Å². The summed E-state index contributed by atoms with van der Waals surface area (Å²) in [5.74, 6) is 0. The third-order valence-electron chi connectivity index (χ3n) is 6.85. The van der Waals surface area contributed by atoms with Crippen molar-refractivity contribution < 1.29 is 9.84 Å². The first kappa shape index (κ1) is 32.8. The molecule has 0 amide bonds. The predicted octanol–water partition coefficient (Wildman–Crippen LogP) is 8.12. The Morgan fingerprint density at radius 3 is 1.92 bits per heavy atom. The third-order valence-corrected chi connectivity index (χ3v) is 6.85. The normalized spacial score (nSPS) is 12.5. The molecule has 1 aromatic rings. The zero-order valence-corrected chi connectivity index (χ0v) is 23.4. The molecule has 0 bridgehead atoms. The largest absolute Gasteiger partial charge is 0.394 e. The molecule has 208 valence electrons. The van der Waals surface area contributed by atoms with Crippen molar-refractivity contribution >= 4 is 18.4 Å². The van der Waals surface area contributed by atoms with Crippen LogP contribution in [0.3, 0.4) is 0 Å². The van der Waals surface area contributed by atoms with Crippen molar-refractivity contribution in [2.24, 2.45) is 15.7 Å². The second-order valence-corrected chi connectivity index (χ2v) is 10.1. The molecule has 6 nitrogen and oxygen atoms in total. The van der Waals surface area contributed by atoms with Crippen molar-refractivity contribution in [2.45, 2.75) is 135 Å². The number of nitrogens with zero attached hydrogens (tertiary/aromatic N) is 3. The number of hydrogen-bond donors (Lipinski definition) is 2. The van der Waals surface area contributed by atoms with Gasteiger partial charge in [0.15, 0.2) is 0 Å². The van der Waals surface area contributed by atoms with E-state index >= 15 is 0 Å². The second-order valence-electron chi connectivity index (χ2n) is 10.1. The first-order valence-corrected chi connectivity index (χ1v) is 14.8. The summed E-state index contributed by atoms with van der Waals surface area (Å²) in [4.78, 5) is 7.84. The standard InChI is InChI=1S/C31H52N4O2/c1-2-3-4-5-6-7-8-9-10-11-12-13-14-15-16-17-18-19-30(24-36)37-25-28-20-21-31(29(22-28)23-32)35-27-34-26-33/h20-22,26-27,30,36H,2-19,24-25H2,1H3,(H2,33,34,35)/t30-/m1/s1. The Morgan fingerprint density at radius 2 is 1.43 bits per heavy atom. The lowest BCUT2D eigenvalue weighted by molar-refractivity contribution is -0.00348. The van der Waals surface area contributed by atoms with Gasteiger partial charge in [0.2, 0.25) is 0 Å². The lowest BCUT2D eigenvalue weighted by Crippen LogP contribution is -2.17. The summed E-state index contributed by atoms with van der Waals surface area (Å²) in [7, 11) is 0. The van der Waals surface area contributed by atoms with Gasteiger partial charge in [0.05, 0.1) is 36.9 Å². The van der Waals surface area contributed by atoms with E-state index in [4.69, 9.17) is 10.5 Å². The number of nitrogens with two attached hydrogens (primary N) is 1. The van der Waals surface area contributed by atoms with E-state index in [1.807, 2.05) is 6.07 Å². The number of aliphatic imine (C=N–C) groups is 2. The maximum Gasteiger partial charge on any atom is 0.117 e. The first-order chi connectivity index (χ1) is 18.2. The molecule has 37 heavy (non-hydrogen) atoms. The van der Waals surface area contributed by atoms with Gasteiger partial charge in [0, 0.05) is 0 Å². The molecule has 0 unspecified atom stereocenters. The van der Waals surface area contributed by atoms with Crippen LogP contribution in [0.5, 0.6) is 0 Å². The van der Waals surface area contributed by atoms with Gasteiger partial charge in [0.1, 0.15) is 12.4 Å². The van der Waals surface area contributed by atoms with Gasteiger partial charge < -0.3 is 15.6 Å². The van der Waals surface area contributed by atoms with Gasteiger partial charge in [-0.1, -0.05) is 122 Å². The van der Waals surface area contributed by atoms with Gasteiger partial charge in [-0.25, -0.2) is 9.98 Å². The molecular formula is C31H52N4O2. The van der Waals surface area contributed by atoms with E-state index < -0.39 is 0 Å². The van der Waals surface area contributed by atoms with Crippen molar-refractivity contribution in [2.75, 3.05) is 6.61 Å². The summed E-state index contributed by atoms with van der Waals surface area (Å²) < 4.78 is 5.91. The van der Waals surface area contributed by atoms with E-state index in [0.717, 1.165) is 24.7 Å². The van der Waals surface area contributed by atoms with Crippen LogP contribution in [0.25, 0.3) is 0 Å². The number of rotatable bonds is 24. The summed E-state index contributed by atoms with van der Waals surface area (Å²) in [5, 5.41) is 19.1. The van der Waals surface area contributed by atoms with Crippen LogP contribution < -0.4 is 5.73 Å². The van der Waals surface area contributed by atoms with Crippen LogP contribution in [-0.2, 0) is 11.3 Å². The SMILES string of the molecule is CCCCCCCCCCCCCCCCCCC[C@H](CO)OCc1ccc(N=CN=CN)c(C#N)c1. The van der Waals surface area contributed by atoms with Gasteiger partial charge >= 0.3 is 0 Å². The highest BCUT2D eigenvalue weighted by molar-refractivity contribution is 5.73. The van der Waals surface area contributed by atoms with Crippen molar-refractivity contribution in [3.63, 3.8) is 0 Å². The van der Waals surface area contributed by atoms with E-state index in [9.17, 15) is 10.4 Å². The fourth-order valence-electron chi connectivity index (χ4n) is 4.55.